The van der Waals surface area contributed by atoms with Crippen molar-refractivity contribution in [3.63, 3.8) is 0 Å². The Kier molecular flexibility index (Phi) is 6.40. The Bertz CT molecular complexity index is 933. The molecule has 0 radical (unpaired) electrons. The van der Waals surface area contributed by atoms with Crippen LogP contribution in [0.25, 0.3) is 0 Å². The van der Waals surface area contributed by atoms with Crippen molar-refractivity contribution in [2.24, 2.45) is 0 Å². The fourth-order valence-electron chi connectivity index (χ4n) is 2.69. The van der Waals surface area contributed by atoms with E-state index in [2.05, 4.69) is 23.7 Å². The van der Waals surface area contributed by atoms with Gasteiger partial charge in [0.1, 0.15) is 5.75 Å². The van der Waals surface area contributed by atoms with Crippen molar-refractivity contribution in [1.29, 1.82) is 0 Å². The molecule has 3 nitrogen and oxygen atoms in total. The summed E-state index contributed by atoms with van der Waals surface area (Å²) in [6.45, 7) is 4.69. The summed E-state index contributed by atoms with van der Waals surface area (Å²) in [5.41, 5.74) is 4.73. The van der Waals surface area contributed by atoms with Crippen LogP contribution in [0.3, 0.4) is 0 Å². The molecule has 0 fully saturated rings. The number of nitrogens with zero attached hydrogens (tertiary/aromatic N) is 1. The first-order valence-electron chi connectivity index (χ1n) is 8.92. The minimum absolute atomic E-state index is 0.143. The van der Waals surface area contributed by atoms with Gasteiger partial charge in [0.15, 0.2) is 5.78 Å². The number of benzene rings is 2. The van der Waals surface area contributed by atoms with Gasteiger partial charge in [-0.05, 0) is 54.8 Å². The van der Waals surface area contributed by atoms with Crippen molar-refractivity contribution < 1.29 is 9.53 Å². The molecule has 4 heteroatoms. The molecule has 0 aliphatic heterocycles. The maximum absolute atomic E-state index is 12.2. The Morgan fingerprint density at radius 2 is 1.70 bits per heavy atom. The highest BCUT2D eigenvalue weighted by Crippen LogP contribution is 2.22. The lowest BCUT2D eigenvalue weighted by Gasteiger charge is -2.10. The third-order valence-electron chi connectivity index (χ3n) is 4.19. The van der Waals surface area contributed by atoms with E-state index in [9.17, 15) is 4.79 Å². The molecule has 0 saturated carbocycles. The molecule has 1 atom stereocenters. The Morgan fingerprint density at radius 1 is 1.07 bits per heavy atom. The third-order valence-corrected chi connectivity index (χ3v) is 5.01. The first-order valence-corrected chi connectivity index (χ1v) is 9.80. The van der Waals surface area contributed by atoms with Crippen LogP contribution in [0.1, 0.15) is 52.5 Å². The zero-order valence-electron chi connectivity index (χ0n) is 15.4. The largest absolute Gasteiger partial charge is 0.494 e. The Balaban J connectivity index is 1.62. The molecule has 0 aliphatic carbocycles. The minimum Gasteiger partial charge on any atom is -0.494 e. The van der Waals surface area contributed by atoms with Gasteiger partial charge < -0.3 is 4.74 Å². The van der Waals surface area contributed by atoms with Crippen molar-refractivity contribution in [3.05, 3.63) is 81.8 Å². The van der Waals surface area contributed by atoms with E-state index >= 15 is 0 Å². The number of hydrogen-bond donors (Lipinski definition) is 0. The molecule has 1 unspecified atom stereocenters. The molecule has 2 aromatic carbocycles. The van der Waals surface area contributed by atoms with E-state index in [4.69, 9.17) is 4.74 Å². The molecule has 27 heavy (non-hydrogen) atoms. The maximum Gasteiger partial charge on any atom is 0.175 e. The summed E-state index contributed by atoms with van der Waals surface area (Å²) in [6.07, 6.45) is 2.12. The number of hydrogen-bond acceptors (Lipinski definition) is 4. The predicted octanol–water partition coefficient (Wildman–Crippen LogP) is 5.32. The standard InChI is InChI=1S/C23H21NO2S/c1-3-26-21-12-8-19(9-13-21)5-4-18-6-10-20(11-7-18)17(2)14-22(25)23-15-24-16-27-23/h6-13,15-17H,3,14H2,1-2H3. The Morgan fingerprint density at radius 3 is 2.26 bits per heavy atom. The molecular weight excluding hydrogens is 354 g/mol. The van der Waals surface area contributed by atoms with Crippen LogP contribution in [-0.2, 0) is 0 Å². The number of ether oxygens (including phenoxy) is 1. The lowest BCUT2D eigenvalue weighted by Crippen LogP contribution is -2.03. The molecule has 0 bridgehead atoms. The van der Waals surface area contributed by atoms with E-state index in [1.807, 2.05) is 55.5 Å². The highest BCUT2D eigenvalue weighted by atomic mass is 32.1. The van der Waals surface area contributed by atoms with Gasteiger partial charge in [0.2, 0.25) is 0 Å². The lowest BCUT2D eigenvalue weighted by atomic mass is 9.94. The third kappa shape index (κ3) is 5.29. The van der Waals surface area contributed by atoms with Gasteiger partial charge in [0, 0.05) is 23.7 Å². The molecule has 0 aliphatic rings. The van der Waals surface area contributed by atoms with Gasteiger partial charge in [-0.2, -0.15) is 0 Å². The molecule has 136 valence electrons. The summed E-state index contributed by atoms with van der Waals surface area (Å²) in [6, 6.07) is 15.9. The highest BCUT2D eigenvalue weighted by Gasteiger charge is 2.14. The van der Waals surface area contributed by atoms with Gasteiger partial charge in [-0.15, -0.1) is 11.3 Å². The predicted molar refractivity (Wildman–Crippen MR) is 110 cm³/mol. The molecule has 1 aromatic heterocycles. The second-order valence-electron chi connectivity index (χ2n) is 6.22. The van der Waals surface area contributed by atoms with Crippen LogP contribution in [0.15, 0.2) is 60.2 Å². The fourth-order valence-corrected chi connectivity index (χ4v) is 3.26. The van der Waals surface area contributed by atoms with Crippen LogP contribution >= 0.6 is 11.3 Å². The SMILES string of the molecule is CCOc1ccc(C#Cc2ccc(C(C)CC(=O)c3cncs3)cc2)cc1. The summed E-state index contributed by atoms with van der Waals surface area (Å²) in [4.78, 5) is 16.9. The average molecular weight is 375 g/mol. The molecular formula is C23H21NO2S. The minimum atomic E-state index is 0.143. The van der Waals surface area contributed by atoms with Crippen LogP contribution in [0.2, 0.25) is 0 Å². The molecule has 0 saturated heterocycles. The van der Waals surface area contributed by atoms with Crippen molar-refractivity contribution >= 4 is 17.1 Å². The topological polar surface area (TPSA) is 39.2 Å². The van der Waals surface area contributed by atoms with Crippen LogP contribution in [-0.4, -0.2) is 17.4 Å². The summed E-state index contributed by atoms with van der Waals surface area (Å²) in [5, 5.41) is 0. The number of carbonyl (C=O) groups excluding carboxylic acids is 1. The van der Waals surface area contributed by atoms with Gasteiger partial charge in [-0.25, -0.2) is 0 Å². The number of thiazole rings is 1. The quantitative estimate of drug-likeness (QED) is 0.432. The van der Waals surface area contributed by atoms with Crippen molar-refractivity contribution in [3.8, 4) is 17.6 Å². The Hall–Kier alpha value is -2.90. The fraction of sp³-hybridized carbons (Fsp3) is 0.217. The molecule has 3 aromatic rings. The summed E-state index contributed by atoms with van der Waals surface area (Å²) in [7, 11) is 0. The number of carbonyl (C=O) groups is 1. The first kappa shape index (κ1) is 18.9. The van der Waals surface area contributed by atoms with E-state index in [1.165, 1.54) is 11.3 Å². The number of Topliss-reactive ketones (excluding diaryl/α,β-unsaturated/α-hetero) is 1. The summed E-state index contributed by atoms with van der Waals surface area (Å²) in [5.74, 6) is 7.50. The normalized spacial score (nSPS) is 11.3. The van der Waals surface area contributed by atoms with E-state index in [0.29, 0.717) is 13.0 Å². The summed E-state index contributed by atoms with van der Waals surface area (Å²) < 4.78 is 5.44. The second kappa shape index (κ2) is 9.16. The lowest BCUT2D eigenvalue weighted by molar-refractivity contribution is 0.0979. The average Bonchev–Trinajstić information content (AvgIpc) is 3.23. The van der Waals surface area contributed by atoms with E-state index in [1.54, 1.807) is 11.7 Å². The molecule has 0 N–H and O–H groups in total. The van der Waals surface area contributed by atoms with E-state index < -0.39 is 0 Å². The molecule has 0 amide bonds. The van der Waals surface area contributed by atoms with Crippen molar-refractivity contribution in [2.45, 2.75) is 26.2 Å². The van der Waals surface area contributed by atoms with E-state index in [0.717, 1.165) is 27.3 Å². The number of ketones is 1. The number of aromatic nitrogens is 1. The van der Waals surface area contributed by atoms with Crippen LogP contribution in [0.5, 0.6) is 5.75 Å². The van der Waals surface area contributed by atoms with Crippen LogP contribution in [0, 0.1) is 11.8 Å². The molecule has 3 rings (SSSR count). The van der Waals surface area contributed by atoms with Crippen LogP contribution < -0.4 is 4.74 Å². The summed E-state index contributed by atoms with van der Waals surface area (Å²) >= 11 is 1.39. The molecule has 0 spiro atoms. The first-order chi connectivity index (χ1) is 13.2. The van der Waals surface area contributed by atoms with Gasteiger partial charge in [-0.3, -0.25) is 9.78 Å². The Labute approximate surface area is 164 Å². The smallest absolute Gasteiger partial charge is 0.175 e. The van der Waals surface area contributed by atoms with Gasteiger partial charge in [0.25, 0.3) is 0 Å². The van der Waals surface area contributed by atoms with Gasteiger partial charge in [-0.1, -0.05) is 30.9 Å². The number of rotatable bonds is 6. The highest BCUT2D eigenvalue weighted by molar-refractivity contribution is 7.11. The van der Waals surface area contributed by atoms with Crippen molar-refractivity contribution in [1.82, 2.24) is 4.98 Å². The van der Waals surface area contributed by atoms with E-state index in [-0.39, 0.29) is 11.7 Å². The van der Waals surface area contributed by atoms with Gasteiger partial charge in [0.05, 0.1) is 17.0 Å². The maximum atomic E-state index is 12.2. The zero-order chi connectivity index (χ0) is 19.1. The monoisotopic (exact) mass is 375 g/mol. The van der Waals surface area contributed by atoms with Crippen molar-refractivity contribution in [2.75, 3.05) is 6.61 Å². The van der Waals surface area contributed by atoms with Crippen LogP contribution in [0.4, 0.5) is 0 Å². The zero-order valence-corrected chi connectivity index (χ0v) is 16.3. The second-order valence-corrected chi connectivity index (χ2v) is 7.11. The van der Waals surface area contributed by atoms with Gasteiger partial charge >= 0.3 is 0 Å². The molecule has 1 heterocycles.